The molecule has 0 fully saturated rings. The maximum absolute atomic E-state index is 12.1. The molecule has 0 aliphatic carbocycles. The molecule has 1 aromatic carbocycles. The number of rotatable bonds is 6. The van der Waals surface area contributed by atoms with E-state index < -0.39 is 0 Å². The summed E-state index contributed by atoms with van der Waals surface area (Å²) in [5.74, 6) is 1.59. The largest absolute Gasteiger partial charge is 0.454 e. The van der Waals surface area contributed by atoms with E-state index in [2.05, 4.69) is 19.2 Å². The molecule has 5 nitrogen and oxygen atoms in total. The minimum Gasteiger partial charge on any atom is -0.454 e. The fourth-order valence-electron chi connectivity index (χ4n) is 2.41. The van der Waals surface area contributed by atoms with Crippen LogP contribution in [0, 0.1) is 5.92 Å². The number of benzene rings is 1. The van der Waals surface area contributed by atoms with Crippen molar-refractivity contribution in [3.8, 4) is 11.5 Å². The van der Waals surface area contributed by atoms with Gasteiger partial charge in [-0.25, -0.2) is 0 Å². The van der Waals surface area contributed by atoms with Gasteiger partial charge in [0.25, 0.3) is 5.91 Å². The van der Waals surface area contributed by atoms with Gasteiger partial charge >= 0.3 is 0 Å². The van der Waals surface area contributed by atoms with E-state index in [9.17, 15) is 4.79 Å². The standard InChI is InChI=1S/C15H22N2O3/c1-3-10(4-2)12(16)8-17-15(18)11-5-6-13-14(7-11)20-9-19-13/h5-7,10,12H,3-4,8-9,16H2,1-2H3,(H,17,18). The van der Waals surface area contributed by atoms with E-state index in [1.807, 2.05) is 0 Å². The predicted octanol–water partition coefficient (Wildman–Crippen LogP) is 1.91. The van der Waals surface area contributed by atoms with Gasteiger partial charge in [0.05, 0.1) is 0 Å². The molecule has 1 heterocycles. The molecule has 0 aromatic heterocycles. The number of nitrogens with one attached hydrogen (secondary N) is 1. The van der Waals surface area contributed by atoms with Gasteiger partial charge in [-0.05, 0) is 24.1 Å². The van der Waals surface area contributed by atoms with Crippen molar-refractivity contribution in [3.63, 3.8) is 0 Å². The summed E-state index contributed by atoms with van der Waals surface area (Å²) in [6.07, 6.45) is 2.05. The van der Waals surface area contributed by atoms with Crippen molar-refractivity contribution in [2.24, 2.45) is 11.7 Å². The Bertz CT molecular complexity index is 472. The summed E-state index contributed by atoms with van der Waals surface area (Å²) in [5, 5.41) is 2.88. The zero-order valence-electron chi connectivity index (χ0n) is 12.0. The van der Waals surface area contributed by atoms with Gasteiger partial charge in [0.2, 0.25) is 6.79 Å². The lowest BCUT2D eigenvalue weighted by Gasteiger charge is -2.21. The summed E-state index contributed by atoms with van der Waals surface area (Å²) in [7, 11) is 0. The molecule has 0 saturated carbocycles. The Morgan fingerprint density at radius 2 is 2.00 bits per heavy atom. The zero-order chi connectivity index (χ0) is 14.5. The first-order valence-electron chi connectivity index (χ1n) is 7.09. The fraction of sp³-hybridized carbons (Fsp3) is 0.533. The Morgan fingerprint density at radius 3 is 2.70 bits per heavy atom. The second-order valence-electron chi connectivity index (χ2n) is 5.02. The molecule has 1 unspecified atom stereocenters. The Kier molecular flexibility index (Phi) is 4.84. The molecular formula is C15H22N2O3. The first-order valence-corrected chi connectivity index (χ1v) is 7.09. The van der Waals surface area contributed by atoms with Crippen LogP contribution in [0.4, 0.5) is 0 Å². The van der Waals surface area contributed by atoms with E-state index in [1.54, 1.807) is 18.2 Å². The number of fused-ring (bicyclic) bond motifs is 1. The Hall–Kier alpha value is -1.75. The van der Waals surface area contributed by atoms with E-state index in [1.165, 1.54) is 0 Å². The third kappa shape index (κ3) is 3.22. The third-order valence-electron chi connectivity index (χ3n) is 3.79. The maximum Gasteiger partial charge on any atom is 0.251 e. The van der Waals surface area contributed by atoms with Crippen molar-refractivity contribution in [2.45, 2.75) is 32.7 Å². The van der Waals surface area contributed by atoms with Crippen LogP contribution >= 0.6 is 0 Å². The van der Waals surface area contributed by atoms with E-state index in [0.29, 0.717) is 29.5 Å². The predicted molar refractivity (Wildman–Crippen MR) is 76.9 cm³/mol. The highest BCUT2D eigenvalue weighted by Gasteiger charge is 2.18. The van der Waals surface area contributed by atoms with Crippen molar-refractivity contribution in [2.75, 3.05) is 13.3 Å². The lowest BCUT2D eigenvalue weighted by atomic mass is 9.95. The van der Waals surface area contributed by atoms with E-state index in [-0.39, 0.29) is 18.7 Å². The molecule has 1 aliphatic rings. The van der Waals surface area contributed by atoms with Crippen LogP contribution in [0.5, 0.6) is 11.5 Å². The number of nitrogens with two attached hydrogens (primary N) is 1. The summed E-state index contributed by atoms with van der Waals surface area (Å²) in [6, 6.07) is 5.16. The van der Waals surface area contributed by atoms with Crippen LogP contribution in [0.25, 0.3) is 0 Å². The minimum atomic E-state index is -0.135. The number of hydrogen-bond donors (Lipinski definition) is 2. The molecular weight excluding hydrogens is 256 g/mol. The molecule has 2 rings (SSSR count). The molecule has 5 heteroatoms. The van der Waals surface area contributed by atoms with Crippen molar-refractivity contribution in [3.05, 3.63) is 23.8 Å². The number of ether oxygens (including phenoxy) is 2. The van der Waals surface area contributed by atoms with Crippen LogP contribution in [-0.4, -0.2) is 25.3 Å². The highest BCUT2D eigenvalue weighted by atomic mass is 16.7. The lowest BCUT2D eigenvalue weighted by molar-refractivity contribution is 0.0947. The summed E-state index contributed by atoms with van der Waals surface area (Å²) in [6.45, 7) is 4.93. The second-order valence-corrected chi connectivity index (χ2v) is 5.02. The van der Waals surface area contributed by atoms with E-state index in [4.69, 9.17) is 15.2 Å². The fourth-order valence-corrected chi connectivity index (χ4v) is 2.41. The summed E-state index contributed by atoms with van der Waals surface area (Å²) in [4.78, 5) is 12.1. The molecule has 0 spiro atoms. The van der Waals surface area contributed by atoms with Crippen molar-refractivity contribution in [1.29, 1.82) is 0 Å². The number of carbonyl (C=O) groups is 1. The molecule has 1 aromatic rings. The average Bonchev–Trinajstić information content (AvgIpc) is 2.93. The highest BCUT2D eigenvalue weighted by molar-refractivity contribution is 5.94. The summed E-state index contributed by atoms with van der Waals surface area (Å²) < 4.78 is 10.5. The van der Waals surface area contributed by atoms with Crippen LogP contribution in [0.2, 0.25) is 0 Å². The number of hydrogen-bond acceptors (Lipinski definition) is 4. The Labute approximate surface area is 119 Å². The summed E-state index contributed by atoms with van der Waals surface area (Å²) >= 11 is 0. The number of amides is 1. The number of carbonyl (C=O) groups excluding carboxylic acids is 1. The van der Waals surface area contributed by atoms with Crippen LogP contribution in [0.1, 0.15) is 37.0 Å². The molecule has 3 N–H and O–H groups in total. The van der Waals surface area contributed by atoms with Gasteiger partial charge in [-0.1, -0.05) is 26.7 Å². The van der Waals surface area contributed by atoms with E-state index in [0.717, 1.165) is 12.8 Å². The van der Waals surface area contributed by atoms with Crippen LogP contribution in [0.3, 0.4) is 0 Å². The normalized spacial score (nSPS) is 14.4. The maximum atomic E-state index is 12.1. The van der Waals surface area contributed by atoms with E-state index >= 15 is 0 Å². The first-order chi connectivity index (χ1) is 9.65. The van der Waals surface area contributed by atoms with Crippen LogP contribution in [-0.2, 0) is 0 Å². The monoisotopic (exact) mass is 278 g/mol. The summed E-state index contributed by atoms with van der Waals surface area (Å²) in [5.41, 5.74) is 6.66. The lowest BCUT2D eigenvalue weighted by Crippen LogP contribution is -2.41. The topological polar surface area (TPSA) is 73.6 Å². The van der Waals surface area contributed by atoms with Gasteiger partial charge in [0.15, 0.2) is 11.5 Å². The zero-order valence-corrected chi connectivity index (χ0v) is 12.0. The van der Waals surface area contributed by atoms with Gasteiger partial charge in [-0.15, -0.1) is 0 Å². The van der Waals surface area contributed by atoms with Crippen LogP contribution < -0.4 is 20.5 Å². The molecule has 0 bridgehead atoms. The van der Waals surface area contributed by atoms with Crippen LogP contribution in [0.15, 0.2) is 18.2 Å². The van der Waals surface area contributed by atoms with Gasteiger partial charge < -0.3 is 20.5 Å². The van der Waals surface area contributed by atoms with Gasteiger partial charge in [-0.3, -0.25) is 4.79 Å². The average molecular weight is 278 g/mol. The van der Waals surface area contributed by atoms with Gasteiger partial charge in [-0.2, -0.15) is 0 Å². The van der Waals surface area contributed by atoms with Crippen molar-refractivity contribution in [1.82, 2.24) is 5.32 Å². The molecule has 110 valence electrons. The molecule has 1 amide bonds. The smallest absolute Gasteiger partial charge is 0.251 e. The third-order valence-corrected chi connectivity index (χ3v) is 3.79. The first kappa shape index (κ1) is 14.7. The molecule has 1 atom stereocenters. The highest BCUT2D eigenvalue weighted by Crippen LogP contribution is 2.32. The van der Waals surface area contributed by atoms with Crippen molar-refractivity contribution < 1.29 is 14.3 Å². The molecule has 0 saturated heterocycles. The quantitative estimate of drug-likeness (QED) is 0.833. The Morgan fingerprint density at radius 1 is 1.30 bits per heavy atom. The molecule has 20 heavy (non-hydrogen) atoms. The molecule has 0 radical (unpaired) electrons. The minimum absolute atomic E-state index is 0.0111. The van der Waals surface area contributed by atoms with Gasteiger partial charge in [0, 0.05) is 18.2 Å². The second kappa shape index (κ2) is 6.61. The SMILES string of the molecule is CCC(CC)C(N)CNC(=O)c1ccc2c(c1)OCO2. The Balaban J connectivity index is 1.92. The van der Waals surface area contributed by atoms with Gasteiger partial charge in [0.1, 0.15) is 0 Å². The van der Waals surface area contributed by atoms with Crippen molar-refractivity contribution >= 4 is 5.91 Å². The molecule has 1 aliphatic heterocycles.